The van der Waals surface area contributed by atoms with E-state index in [4.69, 9.17) is 5.73 Å². The number of benzene rings is 1. The number of halogens is 1. The molecule has 0 aliphatic rings. The van der Waals surface area contributed by atoms with Crippen LogP contribution in [0.4, 0.5) is 10.1 Å². The Kier molecular flexibility index (Phi) is 3.88. The van der Waals surface area contributed by atoms with Crippen LogP contribution in [-0.4, -0.2) is 11.9 Å². The highest BCUT2D eigenvalue weighted by Crippen LogP contribution is 2.14. The van der Waals surface area contributed by atoms with Crippen molar-refractivity contribution in [3.05, 3.63) is 29.6 Å². The van der Waals surface area contributed by atoms with Crippen LogP contribution in [0.2, 0.25) is 0 Å². The van der Waals surface area contributed by atoms with Crippen LogP contribution in [0.15, 0.2) is 18.2 Å². The predicted molar refractivity (Wildman–Crippen MR) is 62.6 cm³/mol. The van der Waals surface area contributed by atoms with Gasteiger partial charge in [-0.15, -0.1) is 0 Å². The molecule has 3 N–H and O–H groups in total. The highest BCUT2D eigenvalue weighted by Gasteiger charge is 2.14. The molecule has 0 bridgehead atoms. The number of nitrogen functional groups attached to an aromatic ring is 1. The molecule has 0 aromatic heterocycles. The first-order valence-corrected chi connectivity index (χ1v) is 5.27. The van der Waals surface area contributed by atoms with E-state index >= 15 is 0 Å². The third-order valence-corrected chi connectivity index (χ3v) is 2.62. The number of nitrogens with one attached hydrogen (secondary N) is 1. The van der Waals surface area contributed by atoms with E-state index in [2.05, 4.69) is 5.32 Å². The molecule has 0 fully saturated rings. The second-order valence-corrected chi connectivity index (χ2v) is 4.24. The molecule has 1 amide bonds. The van der Waals surface area contributed by atoms with Gasteiger partial charge in [0.15, 0.2) is 0 Å². The molecule has 0 radical (unpaired) electrons. The van der Waals surface area contributed by atoms with Crippen molar-refractivity contribution in [2.75, 3.05) is 5.73 Å². The average molecular weight is 224 g/mol. The van der Waals surface area contributed by atoms with Gasteiger partial charge in [-0.3, -0.25) is 4.79 Å². The Morgan fingerprint density at radius 3 is 2.50 bits per heavy atom. The first-order valence-electron chi connectivity index (χ1n) is 5.27. The Labute approximate surface area is 94.8 Å². The molecule has 0 spiro atoms. The van der Waals surface area contributed by atoms with E-state index in [0.717, 1.165) is 6.07 Å². The minimum Gasteiger partial charge on any atom is -0.398 e. The van der Waals surface area contributed by atoms with Gasteiger partial charge in [0, 0.05) is 11.7 Å². The number of hydrogen-bond acceptors (Lipinski definition) is 2. The summed E-state index contributed by atoms with van der Waals surface area (Å²) in [4.78, 5) is 11.8. The van der Waals surface area contributed by atoms with E-state index in [1.54, 1.807) is 0 Å². The Balaban J connectivity index is 2.81. The molecule has 1 unspecified atom stereocenters. The Morgan fingerprint density at radius 1 is 1.38 bits per heavy atom. The minimum absolute atomic E-state index is 0.0527. The van der Waals surface area contributed by atoms with Gasteiger partial charge in [-0.25, -0.2) is 4.39 Å². The number of hydrogen-bond donors (Lipinski definition) is 2. The summed E-state index contributed by atoms with van der Waals surface area (Å²) < 4.78 is 12.8. The van der Waals surface area contributed by atoms with Crippen molar-refractivity contribution in [2.45, 2.75) is 26.8 Å². The van der Waals surface area contributed by atoms with Gasteiger partial charge in [0.25, 0.3) is 5.91 Å². The van der Waals surface area contributed by atoms with Crippen molar-refractivity contribution >= 4 is 11.6 Å². The van der Waals surface area contributed by atoms with Crippen molar-refractivity contribution in [3.8, 4) is 0 Å². The number of amides is 1. The summed E-state index contributed by atoms with van der Waals surface area (Å²) in [6.45, 7) is 5.94. The fourth-order valence-electron chi connectivity index (χ4n) is 1.19. The van der Waals surface area contributed by atoms with Crippen LogP contribution in [0.3, 0.4) is 0 Å². The SMILES string of the molecule is CC(C)C(C)NC(=O)c1ccc(F)cc1N. The quantitative estimate of drug-likeness (QED) is 0.773. The lowest BCUT2D eigenvalue weighted by molar-refractivity contribution is 0.0931. The zero-order valence-corrected chi connectivity index (χ0v) is 9.75. The monoisotopic (exact) mass is 224 g/mol. The second kappa shape index (κ2) is 4.96. The molecule has 1 rings (SSSR count). The van der Waals surface area contributed by atoms with Gasteiger partial charge < -0.3 is 11.1 Å². The van der Waals surface area contributed by atoms with Crippen LogP contribution < -0.4 is 11.1 Å². The van der Waals surface area contributed by atoms with Gasteiger partial charge in [0.2, 0.25) is 0 Å². The maximum atomic E-state index is 12.8. The topological polar surface area (TPSA) is 55.1 Å². The molecule has 16 heavy (non-hydrogen) atoms. The highest BCUT2D eigenvalue weighted by molar-refractivity contribution is 5.99. The van der Waals surface area contributed by atoms with Crippen molar-refractivity contribution in [2.24, 2.45) is 5.92 Å². The molecule has 0 aliphatic heterocycles. The van der Waals surface area contributed by atoms with Gasteiger partial charge in [0.05, 0.1) is 5.56 Å². The van der Waals surface area contributed by atoms with Crippen molar-refractivity contribution in [1.29, 1.82) is 0 Å². The van der Waals surface area contributed by atoms with Crippen molar-refractivity contribution in [1.82, 2.24) is 5.32 Å². The summed E-state index contributed by atoms with van der Waals surface area (Å²) in [5.41, 5.74) is 6.05. The Morgan fingerprint density at radius 2 is 2.00 bits per heavy atom. The van der Waals surface area contributed by atoms with Crippen LogP contribution >= 0.6 is 0 Å². The standard InChI is InChI=1S/C12H17FN2O/c1-7(2)8(3)15-12(16)10-5-4-9(13)6-11(10)14/h4-8H,14H2,1-3H3,(H,15,16). The molecule has 3 nitrogen and oxygen atoms in total. The predicted octanol–water partition coefficient (Wildman–Crippen LogP) is 2.18. The summed E-state index contributed by atoms with van der Waals surface area (Å²) in [6, 6.07) is 3.82. The summed E-state index contributed by atoms with van der Waals surface area (Å²) in [5.74, 6) is -0.365. The third kappa shape index (κ3) is 2.95. The van der Waals surface area contributed by atoms with Crippen LogP contribution in [0, 0.1) is 11.7 Å². The lowest BCUT2D eigenvalue weighted by Crippen LogP contribution is -2.36. The van der Waals surface area contributed by atoms with Gasteiger partial charge in [-0.2, -0.15) is 0 Å². The van der Waals surface area contributed by atoms with E-state index in [1.807, 2.05) is 20.8 Å². The molecule has 0 saturated heterocycles. The van der Waals surface area contributed by atoms with E-state index < -0.39 is 5.82 Å². The first kappa shape index (κ1) is 12.5. The van der Waals surface area contributed by atoms with Gasteiger partial charge in [-0.1, -0.05) is 13.8 Å². The normalized spacial score (nSPS) is 12.6. The fourth-order valence-corrected chi connectivity index (χ4v) is 1.19. The van der Waals surface area contributed by atoms with E-state index in [1.165, 1.54) is 12.1 Å². The van der Waals surface area contributed by atoms with E-state index in [0.29, 0.717) is 11.5 Å². The number of carbonyl (C=O) groups is 1. The lowest BCUT2D eigenvalue weighted by atomic mass is 10.1. The molecule has 1 aromatic rings. The summed E-state index contributed by atoms with van der Waals surface area (Å²) in [7, 11) is 0. The van der Waals surface area contributed by atoms with Crippen LogP contribution in [0.1, 0.15) is 31.1 Å². The van der Waals surface area contributed by atoms with Crippen LogP contribution in [0.25, 0.3) is 0 Å². The molecule has 0 aliphatic carbocycles. The van der Waals surface area contributed by atoms with Gasteiger partial charge in [-0.05, 0) is 31.0 Å². The van der Waals surface area contributed by atoms with Gasteiger partial charge >= 0.3 is 0 Å². The number of rotatable bonds is 3. The lowest BCUT2D eigenvalue weighted by Gasteiger charge is -2.17. The van der Waals surface area contributed by atoms with Crippen LogP contribution in [-0.2, 0) is 0 Å². The fraction of sp³-hybridized carbons (Fsp3) is 0.417. The highest BCUT2D eigenvalue weighted by atomic mass is 19.1. The van der Waals surface area contributed by atoms with E-state index in [-0.39, 0.29) is 17.6 Å². The second-order valence-electron chi connectivity index (χ2n) is 4.24. The summed E-state index contributed by atoms with van der Waals surface area (Å²) in [5, 5.41) is 2.81. The number of nitrogens with two attached hydrogens (primary N) is 1. The van der Waals surface area contributed by atoms with Crippen LogP contribution in [0.5, 0.6) is 0 Å². The molecule has 88 valence electrons. The maximum absolute atomic E-state index is 12.8. The Hall–Kier alpha value is -1.58. The molecular weight excluding hydrogens is 207 g/mol. The average Bonchev–Trinajstić information content (AvgIpc) is 2.16. The first-order chi connectivity index (χ1) is 7.41. The molecule has 1 aromatic carbocycles. The zero-order chi connectivity index (χ0) is 12.3. The summed E-state index contributed by atoms with van der Waals surface area (Å²) >= 11 is 0. The molecule has 0 saturated carbocycles. The van der Waals surface area contributed by atoms with Crippen molar-refractivity contribution in [3.63, 3.8) is 0 Å². The third-order valence-electron chi connectivity index (χ3n) is 2.62. The largest absolute Gasteiger partial charge is 0.398 e. The maximum Gasteiger partial charge on any atom is 0.253 e. The van der Waals surface area contributed by atoms with E-state index in [9.17, 15) is 9.18 Å². The minimum atomic E-state index is -0.439. The summed E-state index contributed by atoms with van der Waals surface area (Å²) in [6.07, 6.45) is 0. The molecule has 4 heteroatoms. The number of anilines is 1. The molecule has 1 atom stereocenters. The number of carbonyl (C=O) groups excluding carboxylic acids is 1. The zero-order valence-electron chi connectivity index (χ0n) is 9.75. The molecule has 0 heterocycles. The molecular formula is C12H17FN2O. The van der Waals surface area contributed by atoms with Gasteiger partial charge in [0.1, 0.15) is 5.82 Å². The smallest absolute Gasteiger partial charge is 0.253 e. The Bertz CT molecular complexity index is 391. The van der Waals surface area contributed by atoms with Crippen molar-refractivity contribution < 1.29 is 9.18 Å².